The van der Waals surface area contributed by atoms with Gasteiger partial charge in [0.25, 0.3) is 0 Å². The predicted molar refractivity (Wildman–Crippen MR) is 137 cm³/mol. The molecule has 28 heavy (non-hydrogen) atoms. The minimum Gasteiger partial charge on any atom is -0.172 e. The fraction of sp³-hybridized carbons (Fsp3) is 0.333. The number of aromatic nitrogens is 4. The zero-order valence-electron chi connectivity index (χ0n) is 14.9. The number of benzene rings is 2. The van der Waals surface area contributed by atoms with Gasteiger partial charge in [0.05, 0.1) is 23.5 Å². The van der Waals surface area contributed by atoms with Crippen LogP contribution < -0.4 is 10.4 Å². The van der Waals surface area contributed by atoms with Crippen LogP contribution in [0.5, 0.6) is 0 Å². The zero-order valence-corrected chi connectivity index (χ0v) is 22.9. The van der Waals surface area contributed by atoms with E-state index in [2.05, 4.69) is 81.5 Å². The third-order valence-corrected chi connectivity index (χ3v) is 16.4. The summed E-state index contributed by atoms with van der Waals surface area (Å²) in [6, 6.07) is 5.87. The van der Waals surface area contributed by atoms with Crippen LogP contribution in [0.2, 0.25) is 6.04 Å². The lowest BCUT2D eigenvalue weighted by molar-refractivity contribution is 0.699. The molecule has 1 aliphatic rings. The molecule has 0 atom stereocenters. The number of halogens is 3. The second-order valence-electron chi connectivity index (χ2n) is 7.10. The van der Waals surface area contributed by atoms with E-state index in [0.717, 1.165) is 31.0 Å². The quantitative estimate of drug-likeness (QED) is 0.109. The molecule has 0 radical (unpaired) electrons. The first-order valence-corrected chi connectivity index (χ1v) is 17.5. The molecule has 0 unspecified atom stereocenters. The summed E-state index contributed by atoms with van der Waals surface area (Å²) in [7, 11) is 0. The first-order chi connectivity index (χ1) is 13.6. The van der Waals surface area contributed by atoms with Crippen molar-refractivity contribution in [3.8, 4) is 11.1 Å². The summed E-state index contributed by atoms with van der Waals surface area (Å²) in [5.74, 6) is 0. The first-order valence-electron chi connectivity index (χ1n) is 9.16. The normalized spacial score (nSPS) is 14.7. The van der Waals surface area contributed by atoms with Crippen LogP contribution in [0.3, 0.4) is 0 Å². The molecule has 5 rings (SSSR count). The van der Waals surface area contributed by atoms with Gasteiger partial charge in [0, 0.05) is 20.1 Å². The monoisotopic (exact) mass is 664 g/mol. The zero-order chi connectivity index (χ0) is 19.5. The van der Waals surface area contributed by atoms with E-state index >= 15 is 0 Å². The van der Waals surface area contributed by atoms with Gasteiger partial charge < -0.3 is 0 Å². The highest BCUT2D eigenvalue weighted by Gasteiger charge is 2.46. The van der Waals surface area contributed by atoms with Crippen LogP contribution in [0.1, 0.15) is 32.6 Å². The summed E-state index contributed by atoms with van der Waals surface area (Å²) in [6.07, 6.45) is 5.12. The van der Waals surface area contributed by atoms with Crippen LogP contribution in [0, 0.1) is 0 Å². The minimum absolute atomic E-state index is 0.953. The molecule has 3 heterocycles. The van der Waals surface area contributed by atoms with Gasteiger partial charge >= 0.3 is 0 Å². The highest BCUT2D eigenvalue weighted by Crippen LogP contribution is 2.44. The number of nitrogens with zero attached hydrogens (tertiary/aromatic N) is 4. The highest BCUT2D eigenvalue weighted by atomic mass is 127. The Morgan fingerprint density at radius 1 is 0.821 bits per heavy atom. The third-order valence-electron chi connectivity index (χ3n) is 5.46. The van der Waals surface area contributed by atoms with Crippen molar-refractivity contribution in [1.82, 2.24) is 17.5 Å². The van der Waals surface area contributed by atoms with E-state index in [-0.39, 0.29) is 0 Å². The number of hydrogen-bond donors (Lipinski definition) is 0. The van der Waals surface area contributed by atoms with Crippen LogP contribution in [0.25, 0.3) is 33.2 Å². The Hall–Kier alpha value is -0.0131. The van der Waals surface area contributed by atoms with E-state index in [4.69, 9.17) is 8.75 Å². The summed E-state index contributed by atoms with van der Waals surface area (Å²) in [5, 5.41) is 2.91. The first kappa shape index (κ1) is 19.9. The Labute approximate surface area is 201 Å². The summed E-state index contributed by atoms with van der Waals surface area (Å²) in [5.41, 5.74) is 4.49. The van der Waals surface area contributed by atoms with Crippen molar-refractivity contribution in [2.24, 2.45) is 0 Å². The lowest BCUT2D eigenvalue weighted by atomic mass is 10.0. The lowest BCUT2D eigenvalue weighted by Gasteiger charge is -2.23. The van der Waals surface area contributed by atoms with E-state index in [1.807, 2.05) is 0 Å². The molecule has 4 aromatic rings. The van der Waals surface area contributed by atoms with Gasteiger partial charge in [-0.05, 0) is 60.4 Å². The molecule has 0 aliphatic carbocycles. The smallest absolute Gasteiger partial charge is 0.172 e. The molecule has 2 aromatic carbocycles. The van der Waals surface area contributed by atoms with Gasteiger partial charge in [-0.25, -0.2) is 0 Å². The molecular formula is C18H15Br2IN4S2Si. The van der Waals surface area contributed by atoms with Crippen LogP contribution in [-0.4, -0.2) is 23.1 Å². The van der Waals surface area contributed by atoms with Crippen molar-refractivity contribution in [2.45, 2.75) is 38.7 Å². The average molecular weight is 666 g/mol. The standard InChI is InChI=1S/C18H15Br2IN4S2Si/c1-2-3-4-5-6-28(21)11-7-9(19)15-17(24-26-22-15)13(11)14-12(28)8-10(20)16-18(14)25-27-23-16/h7-8H,2-6H2,1H3. The van der Waals surface area contributed by atoms with Gasteiger partial charge in [-0.3, -0.25) is 0 Å². The van der Waals surface area contributed by atoms with Crippen LogP contribution in [-0.2, 0) is 0 Å². The van der Waals surface area contributed by atoms with E-state index in [9.17, 15) is 0 Å². The Bertz CT molecular complexity index is 1140. The Morgan fingerprint density at radius 2 is 1.32 bits per heavy atom. The number of hydrogen-bond acceptors (Lipinski definition) is 6. The van der Waals surface area contributed by atoms with E-state index in [1.54, 1.807) is 0 Å². The largest absolute Gasteiger partial charge is 0.187 e. The second kappa shape index (κ2) is 7.59. The number of rotatable bonds is 5. The topological polar surface area (TPSA) is 51.6 Å². The van der Waals surface area contributed by atoms with Crippen molar-refractivity contribution in [3.63, 3.8) is 0 Å². The molecule has 0 N–H and O–H groups in total. The molecule has 0 spiro atoms. The Balaban J connectivity index is 1.82. The van der Waals surface area contributed by atoms with Gasteiger partial charge in [0.1, 0.15) is 22.1 Å². The van der Waals surface area contributed by atoms with Gasteiger partial charge in [-0.2, -0.15) is 17.5 Å². The molecule has 0 fully saturated rings. The second-order valence-corrected chi connectivity index (χ2v) is 18.6. The van der Waals surface area contributed by atoms with E-state index in [0.29, 0.717) is 0 Å². The Morgan fingerprint density at radius 3 is 1.82 bits per heavy atom. The van der Waals surface area contributed by atoms with Crippen LogP contribution >= 0.6 is 77.1 Å². The molecule has 2 aromatic heterocycles. The molecule has 0 amide bonds. The van der Waals surface area contributed by atoms with Crippen molar-refractivity contribution >= 4 is 115 Å². The van der Waals surface area contributed by atoms with Crippen molar-refractivity contribution in [3.05, 3.63) is 21.1 Å². The van der Waals surface area contributed by atoms with E-state index < -0.39 is 5.57 Å². The maximum Gasteiger partial charge on any atom is 0.187 e. The average Bonchev–Trinajstić information content (AvgIpc) is 3.39. The summed E-state index contributed by atoms with van der Waals surface area (Å²) < 4.78 is 20.6. The maximum absolute atomic E-state index is 4.70. The molecule has 4 nitrogen and oxygen atoms in total. The van der Waals surface area contributed by atoms with Crippen LogP contribution in [0.4, 0.5) is 0 Å². The molecule has 144 valence electrons. The fourth-order valence-electron chi connectivity index (χ4n) is 4.15. The summed E-state index contributed by atoms with van der Waals surface area (Å²) in [6.45, 7) is 2.27. The minimum atomic E-state index is -1.94. The predicted octanol–water partition coefficient (Wildman–Crippen LogP) is 6.28. The molecule has 0 saturated carbocycles. The molecular weight excluding hydrogens is 651 g/mol. The third kappa shape index (κ3) is 2.89. The van der Waals surface area contributed by atoms with Crippen molar-refractivity contribution < 1.29 is 0 Å². The van der Waals surface area contributed by atoms with Gasteiger partial charge in [-0.1, -0.05) is 32.6 Å². The summed E-state index contributed by atoms with van der Waals surface area (Å²) >= 11 is 12.9. The SMILES string of the molecule is CCCCCC[Si]1(I)c2cc(Br)c3nsnc3c2-c2c1cc(Br)c1nsnc21. The number of unbranched alkanes of at least 4 members (excludes halogenated alkanes) is 3. The number of fused-ring (bicyclic) bond motifs is 7. The molecule has 0 bridgehead atoms. The van der Waals surface area contributed by atoms with Crippen molar-refractivity contribution in [2.75, 3.05) is 0 Å². The summed E-state index contributed by atoms with van der Waals surface area (Å²) in [4.78, 5) is 0. The van der Waals surface area contributed by atoms with Gasteiger partial charge in [0.15, 0.2) is 5.57 Å². The fourth-order valence-corrected chi connectivity index (χ4v) is 14.2. The van der Waals surface area contributed by atoms with Crippen molar-refractivity contribution in [1.29, 1.82) is 0 Å². The molecule has 0 saturated heterocycles. The highest BCUT2D eigenvalue weighted by molar-refractivity contribution is 14.1. The maximum atomic E-state index is 4.70. The molecule has 1 aliphatic heterocycles. The Kier molecular flexibility index (Phi) is 5.40. The van der Waals surface area contributed by atoms with Gasteiger partial charge in [0.2, 0.25) is 0 Å². The molecule has 10 heteroatoms. The van der Waals surface area contributed by atoms with Crippen LogP contribution in [0.15, 0.2) is 21.1 Å². The van der Waals surface area contributed by atoms with Gasteiger partial charge in [-0.15, -0.1) is 21.8 Å². The lowest BCUT2D eigenvalue weighted by Crippen LogP contribution is -2.49. The van der Waals surface area contributed by atoms with E-state index in [1.165, 1.54) is 76.7 Å².